The minimum Gasteiger partial charge on any atom is -0.380 e. The van der Waals surface area contributed by atoms with Crippen molar-refractivity contribution in [3.05, 3.63) is 29.8 Å². The van der Waals surface area contributed by atoms with Gasteiger partial charge in [-0.2, -0.15) is 0 Å². The molecule has 0 amide bonds. The number of halogens is 2. The number of rotatable bonds is 4. The first-order chi connectivity index (χ1) is 8.06. The molecule has 0 atom stereocenters. The van der Waals surface area contributed by atoms with Crippen LogP contribution in [-0.2, 0) is 4.74 Å². The van der Waals surface area contributed by atoms with Crippen LogP contribution in [0.25, 0.3) is 0 Å². The first-order valence-corrected chi connectivity index (χ1v) is 5.50. The molecule has 1 aromatic carbocycles. The highest BCUT2D eigenvalue weighted by Crippen LogP contribution is 2.29. The van der Waals surface area contributed by atoms with Gasteiger partial charge in [-0.25, -0.2) is 8.78 Å². The monoisotopic (exact) mass is 242 g/mol. The SMILES string of the molecule is CN(CC1(CN)COC1)c1ccc(F)cc1F. The average Bonchev–Trinajstić information content (AvgIpc) is 2.23. The van der Waals surface area contributed by atoms with Crippen molar-refractivity contribution in [3.63, 3.8) is 0 Å². The van der Waals surface area contributed by atoms with Gasteiger partial charge in [0, 0.05) is 31.6 Å². The number of hydrogen-bond donors (Lipinski definition) is 1. The summed E-state index contributed by atoms with van der Waals surface area (Å²) in [7, 11) is 1.77. The van der Waals surface area contributed by atoms with Crippen molar-refractivity contribution in [2.45, 2.75) is 0 Å². The molecule has 3 nitrogen and oxygen atoms in total. The maximum Gasteiger partial charge on any atom is 0.149 e. The van der Waals surface area contributed by atoms with Gasteiger partial charge in [-0.05, 0) is 12.1 Å². The van der Waals surface area contributed by atoms with Crippen molar-refractivity contribution < 1.29 is 13.5 Å². The van der Waals surface area contributed by atoms with E-state index in [1.54, 1.807) is 11.9 Å². The summed E-state index contributed by atoms with van der Waals surface area (Å²) in [4.78, 5) is 1.75. The molecule has 0 saturated carbocycles. The van der Waals surface area contributed by atoms with E-state index in [1.165, 1.54) is 12.1 Å². The first-order valence-electron chi connectivity index (χ1n) is 5.50. The van der Waals surface area contributed by atoms with E-state index in [1.807, 2.05) is 0 Å². The minimum atomic E-state index is -0.569. The van der Waals surface area contributed by atoms with Crippen molar-refractivity contribution in [2.75, 3.05) is 38.3 Å². The quantitative estimate of drug-likeness (QED) is 0.866. The molecule has 5 heteroatoms. The van der Waals surface area contributed by atoms with Crippen molar-refractivity contribution in [1.29, 1.82) is 0 Å². The number of nitrogens with two attached hydrogens (primary N) is 1. The smallest absolute Gasteiger partial charge is 0.149 e. The van der Waals surface area contributed by atoms with Gasteiger partial charge in [0.2, 0.25) is 0 Å². The van der Waals surface area contributed by atoms with E-state index in [4.69, 9.17) is 10.5 Å². The summed E-state index contributed by atoms with van der Waals surface area (Å²) in [5, 5.41) is 0. The van der Waals surface area contributed by atoms with Gasteiger partial charge < -0.3 is 15.4 Å². The molecule has 1 aliphatic heterocycles. The predicted molar refractivity (Wildman–Crippen MR) is 61.9 cm³/mol. The molecule has 2 rings (SSSR count). The fourth-order valence-electron chi connectivity index (χ4n) is 2.04. The fraction of sp³-hybridized carbons (Fsp3) is 0.500. The summed E-state index contributed by atoms with van der Waals surface area (Å²) in [5.41, 5.74) is 5.98. The summed E-state index contributed by atoms with van der Waals surface area (Å²) >= 11 is 0. The first kappa shape index (κ1) is 12.3. The van der Waals surface area contributed by atoms with Gasteiger partial charge in [-0.3, -0.25) is 0 Å². The summed E-state index contributed by atoms with van der Waals surface area (Å²) in [6.07, 6.45) is 0. The van der Waals surface area contributed by atoms with Crippen LogP contribution in [0.4, 0.5) is 14.5 Å². The molecule has 0 radical (unpaired) electrons. The number of nitrogens with zero attached hydrogens (tertiary/aromatic N) is 1. The van der Waals surface area contributed by atoms with Crippen LogP contribution in [0.15, 0.2) is 18.2 Å². The second-order valence-corrected chi connectivity index (χ2v) is 4.65. The molecule has 17 heavy (non-hydrogen) atoms. The Morgan fingerprint density at radius 3 is 2.59 bits per heavy atom. The second-order valence-electron chi connectivity index (χ2n) is 4.65. The number of benzene rings is 1. The number of hydrogen-bond acceptors (Lipinski definition) is 3. The Balaban J connectivity index is 2.11. The van der Waals surface area contributed by atoms with Crippen molar-refractivity contribution in [1.82, 2.24) is 0 Å². The lowest BCUT2D eigenvalue weighted by Crippen LogP contribution is -2.54. The standard InChI is InChI=1S/C12H16F2N2O/c1-16(6-12(5-15)7-17-8-12)11-3-2-9(13)4-10(11)14/h2-4H,5-8,15H2,1H3. The fourth-order valence-corrected chi connectivity index (χ4v) is 2.04. The Hall–Kier alpha value is -1.20. The summed E-state index contributed by atoms with van der Waals surface area (Å²) in [6.45, 7) is 2.29. The largest absolute Gasteiger partial charge is 0.380 e. The average molecular weight is 242 g/mol. The van der Waals surface area contributed by atoms with E-state index in [0.29, 0.717) is 32.0 Å². The molecule has 1 saturated heterocycles. The van der Waals surface area contributed by atoms with E-state index >= 15 is 0 Å². The molecule has 1 aliphatic rings. The van der Waals surface area contributed by atoms with Crippen LogP contribution in [0, 0.1) is 17.0 Å². The van der Waals surface area contributed by atoms with Crippen LogP contribution in [0.2, 0.25) is 0 Å². The van der Waals surface area contributed by atoms with Gasteiger partial charge in [-0.1, -0.05) is 0 Å². The molecular weight excluding hydrogens is 226 g/mol. The van der Waals surface area contributed by atoms with Gasteiger partial charge in [0.25, 0.3) is 0 Å². The van der Waals surface area contributed by atoms with Gasteiger partial charge in [0.15, 0.2) is 0 Å². The van der Waals surface area contributed by atoms with Gasteiger partial charge >= 0.3 is 0 Å². The Morgan fingerprint density at radius 1 is 1.41 bits per heavy atom. The predicted octanol–water partition coefficient (Wildman–Crippen LogP) is 1.38. The number of ether oxygens (including phenoxy) is 1. The molecule has 1 aromatic rings. The lowest BCUT2D eigenvalue weighted by Gasteiger charge is -2.43. The van der Waals surface area contributed by atoms with Gasteiger partial charge in [0.1, 0.15) is 11.6 Å². The summed E-state index contributed by atoms with van der Waals surface area (Å²) in [5.74, 6) is -1.12. The van der Waals surface area contributed by atoms with Crippen LogP contribution in [-0.4, -0.2) is 33.4 Å². The highest BCUT2D eigenvalue weighted by Gasteiger charge is 2.38. The molecule has 0 spiro atoms. The molecular formula is C12H16F2N2O. The number of anilines is 1. The topological polar surface area (TPSA) is 38.5 Å². The van der Waals surface area contributed by atoms with Crippen molar-refractivity contribution >= 4 is 5.69 Å². The molecule has 0 aliphatic carbocycles. The molecule has 0 unspecified atom stereocenters. The summed E-state index contributed by atoms with van der Waals surface area (Å²) in [6, 6.07) is 3.58. The zero-order valence-electron chi connectivity index (χ0n) is 9.75. The highest BCUT2D eigenvalue weighted by atomic mass is 19.1. The Labute approximate surface area is 99.2 Å². The minimum absolute atomic E-state index is 0.102. The third-order valence-electron chi connectivity index (χ3n) is 3.14. The van der Waals surface area contributed by atoms with E-state index in [-0.39, 0.29) is 5.41 Å². The van der Waals surface area contributed by atoms with Crippen LogP contribution in [0.1, 0.15) is 0 Å². The zero-order valence-corrected chi connectivity index (χ0v) is 9.75. The normalized spacial score (nSPS) is 17.6. The molecule has 1 heterocycles. The lowest BCUT2D eigenvalue weighted by atomic mass is 9.85. The molecule has 0 aromatic heterocycles. The zero-order chi connectivity index (χ0) is 12.5. The summed E-state index contributed by atoms with van der Waals surface area (Å²) < 4.78 is 31.5. The second kappa shape index (κ2) is 4.58. The van der Waals surface area contributed by atoms with Crippen LogP contribution >= 0.6 is 0 Å². The lowest BCUT2D eigenvalue weighted by molar-refractivity contribution is -0.101. The molecule has 1 fully saturated rings. The molecule has 2 N–H and O–H groups in total. The van der Waals surface area contributed by atoms with E-state index < -0.39 is 11.6 Å². The highest BCUT2D eigenvalue weighted by molar-refractivity contribution is 5.47. The van der Waals surface area contributed by atoms with Crippen LogP contribution in [0.3, 0.4) is 0 Å². The van der Waals surface area contributed by atoms with Crippen molar-refractivity contribution in [3.8, 4) is 0 Å². The van der Waals surface area contributed by atoms with E-state index in [9.17, 15) is 8.78 Å². The van der Waals surface area contributed by atoms with Gasteiger partial charge in [0.05, 0.1) is 18.9 Å². The maximum absolute atomic E-state index is 13.6. The van der Waals surface area contributed by atoms with E-state index in [0.717, 1.165) is 6.07 Å². The van der Waals surface area contributed by atoms with Gasteiger partial charge in [-0.15, -0.1) is 0 Å². The van der Waals surface area contributed by atoms with Crippen molar-refractivity contribution in [2.24, 2.45) is 11.1 Å². The Morgan fingerprint density at radius 2 is 2.12 bits per heavy atom. The molecule has 0 bridgehead atoms. The Kier molecular flexibility index (Phi) is 3.31. The maximum atomic E-state index is 13.6. The van der Waals surface area contributed by atoms with E-state index in [2.05, 4.69) is 0 Å². The third kappa shape index (κ3) is 2.40. The molecule has 94 valence electrons. The van der Waals surface area contributed by atoms with Crippen LogP contribution < -0.4 is 10.6 Å². The Bertz CT molecular complexity index is 402. The third-order valence-corrected chi connectivity index (χ3v) is 3.14. The van der Waals surface area contributed by atoms with Crippen LogP contribution in [0.5, 0.6) is 0 Å².